The summed E-state index contributed by atoms with van der Waals surface area (Å²) in [6.45, 7) is 20.3. The molecule has 3 fully saturated rings. The molecule has 0 radical (unpaired) electrons. The van der Waals surface area contributed by atoms with Gasteiger partial charge in [-0.2, -0.15) is 0 Å². The predicted octanol–water partition coefficient (Wildman–Crippen LogP) is 10.6. The zero-order chi connectivity index (χ0) is 46.2. The molecular formula is C58H65N2O4Si2+. The fraction of sp³-hybridized carbons (Fsp3) is 0.293. The average Bonchev–Trinajstić information content (AvgIpc) is 3.34. The number of quaternary nitrogens is 1. The third kappa shape index (κ3) is 8.23. The number of aliphatic hydroxyl groups excluding tert-OH is 1. The van der Waals surface area contributed by atoms with Crippen LogP contribution in [0.25, 0.3) is 10.9 Å². The summed E-state index contributed by atoms with van der Waals surface area (Å²) < 4.78 is 23.5. The van der Waals surface area contributed by atoms with Gasteiger partial charge < -0.3 is 18.7 Å². The number of aromatic nitrogens is 1. The number of para-hydroxylation sites is 1. The van der Waals surface area contributed by atoms with E-state index in [-0.39, 0.29) is 16.1 Å². The van der Waals surface area contributed by atoms with Crippen molar-refractivity contribution in [1.82, 2.24) is 4.98 Å². The summed E-state index contributed by atoms with van der Waals surface area (Å²) in [6.07, 6.45) is 5.20. The molecule has 1 aromatic heterocycles. The minimum absolute atomic E-state index is 0.0740. The van der Waals surface area contributed by atoms with Gasteiger partial charge in [-0.25, -0.2) is 0 Å². The highest BCUT2D eigenvalue weighted by Crippen LogP contribution is 2.48. The zero-order valence-corrected chi connectivity index (χ0v) is 41.4. The van der Waals surface area contributed by atoms with E-state index in [1.54, 1.807) is 0 Å². The predicted molar refractivity (Wildman–Crippen MR) is 275 cm³/mol. The van der Waals surface area contributed by atoms with E-state index in [0.29, 0.717) is 40.3 Å². The van der Waals surface area contributed by atoms with Crippen molar-refractivity contribution in [2.45, 2.75) is 76.6 Å². The van der Waals surface area contributed by atoms with E-state index in [4.69, 9.17) is 13.6 Å². The van der Waals surface area contributed by atoms with Gasteiger partial charge in [0.2, 0.25) is 6.73 Å². The maximum Gasteiger partial charge on any atom is 0.319 e. The van der Waals surface area contributed by atoms with Gasteiger partial charge in [0.05, 0.1) is 18.6 Å². The number of benzene rings is 6. The molecule has 3 aliphatic rings. The number of nitrogens with zero attached hydrogens (tertiary/aromatic N) is 2. The summed E-state index contributed by atoms with van der Waals surface area (Å²) in [5.74, 6) is 2.88. The molecule has 0 saturated carbocycles. The molecule has 0 spiro atoms. The Hall–Kier alpha value is -5.78. The molecule has 1 unspecified atom stereocenters. The molecule has 0 amide bonds. The van der Waals surface area contributed by atoms with Crippen LogP contribution in [0.15, 0.2) is 189 Å². The molecule has 66 heavy (non-hydrogen) atoms. The molecule has 7 aromatic rings. The van der Waals surface area contributed by atoms with Gasteiger partial charge in [-0.15, -0.1) is 6.58 Å². The van der Waals surface area contributed by atoms with Gasteiger partial charge in [0, 0.05) is 48.5 Å². The van der Waals surface area contributed by atoms with Gasteiger partial charge in [0.25, 0.3) is 0 Å². The molecule has 0 aliphatic carbocycles. The van der Waals surface area contributed by atoms with Crippen LogP contribution in [0.2, 0.25) is 10.1 Å². The van der Waals surface area contributed by atoms with Crippen molar-refractivity contribution < 1.29 is 23.2 Å². The summed E-state index contributed by atoms with van der Waals surface area (Å²) in [7, 11) is -6.17. The van der Waals surface area contributed by atoms with Crippen molar-refractivity contribution in [3.63, 3.8) is 0 Å². The number of ether oxygens (including phenoxy) is 1. The Bertz CT molecular complexity index is 2550. The largest absolute Gasteiger partial charge is 0.534 e. The average molecular weight is 910 g/mol. The van der Waals surface area contributed by atoms with E-state index in [1.165, 1.54) is 20.7 Å². The van der Waals surface area contributed by atoms with Crippen LogP contribution in [0, 0.1) is 11.8 Å². The SMILES string of the molecule is C=C[C@@H]1C[N+]2(COc3cc(O[Si](c4ccccc4)(c4ccccc4)C(C)(C)C)cc(O[Si](c4ccccc4)(c4ccccc4)C(C)(C)C)c3)CC[C@H]1C[C@H]2[C@H](O)c1ccnc2ccccc12. The first-order valence-electron chi connectivity index (χ1n) is 23.7. The van der Waals surface area contributed by atoms with Gasteiger partial charge in [-0.05, 0) is 54.4 Å². The van der Waals surface area contributed by atoms with Crippen LogP contribution in [-0.2, 0) is 0 Å². The Balaban J connectivity index is 1.19. The smallest absolute Gasteiger partial charge is 0.319 e. The second-order valence-electron chi connectivity index (χ2n) is 20.7. The van der Waals surface area contributed by atoms with Gasteiger partial charge in [0.1, 0.15) is 29.4 Å². The van der Waals surface area contributed by atoms with Crippen molar-refractivity contribution in [2.24, 2.45) is 11.8 Å². The quantitative estimate of drug-likeness (QED) is 0.0669. The number of rotatable bonds is 14. The highest BCUT2D eigenvalue weighted by molar-refractivity contribution is 7.00. The van der Waals surface area contributed by atoms with Crippen LogP contribution in [-0.4, -0.2) is 57.1 Å². The third-order valence-corrected chi connectivity index (χ3v) is 24.7. The summed E-state index contributed by atoms with van der Waals surface area (Å²) in [6, 6.07) is 59.5. The van der Waals surface area contributed by atoms with Crippen LogP contribution < -0.4 is 34.3 Å². The summed E-state index contributed by atoms with van der Waals surface area (Å²) in [5, 5.41) is 17.8. The second-order valence-corrected chi connectivity index (χ2v) is 29.1. The highest BCUT2D eigenvalue weighted by atomic mass is 28.4. The van der Waals surface area contributed by atoms with E-state index in [9.17, 15) is 5.11 Å². The fourth-order valence-corrected chi connectivity index (χ4v) is 20.3. The Morgan fingerprint density at radius 3 is 1.58 bits per heavy atom. The molecule has 6 aromatic carbocycles. The first-order chi connectivity index (χ1) is 31.8. The lowest BCUT2D eigenvalue weighted by Gasteiger charge is -2.57. The molecule has 8 heteroatoms. The molecule has 2 bridgehead atoms. The standard InChI is InChI=1S/C58H65N2O4Si2/c1-8-43-41-60(36-34-44(43)37-55(60)56(61)53-33-35-59-54-32-22-21-31-52(53)54)42-62-45-38-46(63-65(57(2,3)4,48-23-13-9-14-24-48)49-25-15-10-16-26-49)40-47(39-45)64-66(58(5,6)7,50-27-17-11-18-28-50)51-29-19-12-20-30-51/h8-33,35,38-40,43-44,55-56,61H,1,34,36-37,41-42H2,2-7H3/q+1/t43-,44+,55+,56-,60?/m1/s1. The van der Waals surface area contributed by atoms with Crippen molar-refractivity contribution in [1.29, 1.82) is 0 Å². The number of hydrogen-bond donors (Lipinski definition) is 1. The maximum absolute atomic E-state index is 12.6. The number of fused-ring (bicyclic) bond motifs is 4. The van der Waals surface area contributed by atoms with E-state index in [2.05, 4.69) is 205 Å². The van der Waals surface area contributed by atoms with Gasteiger partial charge >= 0.3 is 16.6 Å². The molecule has 10 rings (SSSR count). The Labute approximate surface area is 394 Å². The topological polar surface area (TPSA) is 60.8 Å². The Kier molecular flexibility index (Phi) is 12.5. The van der Waals surface area contributed by atoms with Gasteiger partial charge in [-0.3, -0.25) is 9.47 Å². The van der Waals surface area contributed by atoms with Crippen molar-refractivity contribution in [3.8, 4) is 17.2 Å². The van der Waals surface area contributed by atoms with Crippen molar-refractivity contribution in [3.05, 3.63) is 194 Å². The van der Waals surface area contributed by atoms with Crippen LogP contribution >= 0.6 is 0 Å². The third-order valence-electron chi connectivity index (χ3n) is 14.8. The molecule has 3 saturated heterocycles. The van der Waals surface area contributed by atoms with Crippen LogP contribution in [0.3, 0.4) is 0 Å². The van der Waals surface area contributed by atoms with Crippen LogP contribution in [0.1, 0.15) is 66.1 Å². The summed E-state index contributed by atoms with van der Waals surface area (Å²) in [4.78, 5) is 4.64. The van der Waals surface area contributed by atoms with E-state index in [1.807, 2.05) is 30.5 Å². The van der Waals surface area contributed by atoms with E-state index >= 15 is 0 Å². The second kappa shape index (κ2) is 18.1. The molecule has 4 heterocycles. The normalized spacial score (nSPS) is 20.4. The summed E-state index contributed by atoms with van der Waals surface area (Å²) >= 11 is 0. The van der Waals surface area contributed by atoms with Gasteiger partial charge in [-0.1, -0.05) is 187 Å². The Morgan fingerprint density at radius 2 is 1.11 bits per heavy atom. The number of piperidine rings is 3. The lowest BCUT2D eigenvalue weighted by atomic mass is 9.71. The molecule has 5 atom stereocenters. The van der Waals surface area contributed by atoms with E-state index < -0.39 is 22.7 Å². The first kappa shape index (κ1) is 45.4. The Morgan fingerprint density at radius 1 is 0.652 bits per heavy atom. The maximum atomic E-state index is 12.6. The number of hydrogen-bond acceptors (Lipinski definition) is 5. The van der Waals surface area contributed by atoms with Crippen LogP contribution in [0.4, 0.5) is 0 Å². The first-order valence-corrected chi connectivity index (χ1v) is 27.5. The molecule has 338 valence electrons. The van der Waals surface area contributed by atoms with Crippen molar-refractivity contribution >= 4 is 48.3 Å². The zero-order valence-electron chi connectivity index (χ0n) is 39.4. The lowest BCUT2D eigenvalue weighted by molar-refractivity contribution is -0.985. The minimum Gasteiger partial charge on any atom is -0.534 e. The fourth-order valence-electron chi connectivity index (χ4n) is 11.5. The minimum atomic E-state index is -3.08. The van der Waals surface area contributed by atoms with Crippen molar-refractivity contribution in [2.75, 3.05) is 19.8 Å². The van der Waals surface area contributed by atoms with Crippen LogP contribution in [0.5, 0.6) is 17.2 Å². The summed E-state index contributed by atoms with van der Waals surface area (Å²) in [5.41, 5.74) is 1.82. The van der Waals surface area contributed by atoms with E-state index in [0.717, 1.165) is 42.4 Å². The molecule has 3 aliphatic heterocycles. The number of aliphatic hydroxyl groups is 1. The molecular weight excluding hydrogens is 845 g/mol. The molecule has 6 nitrogen and oxygen atoms in total. The van der Waals surface area contributed by atoms with Gasteiger partial charge in [0.15, 0.2) is 0 Å². The lowest BCUT2D eigenvalue weighted by Crippen LogP contribution is -2.69. The number of pyridine rings is 1. The molecule has 1 N–H and O–H groups in total. The monoisotopic (exact) mass is 909 g/mol. The highest BCUT2D eigenvalue weighted by Gasteiger charge is 2.56.